The van der Waals surface area contributed by atoms with Crippen LogP contribution in [0.25, 0.3) is 22.3 Å². The summed E-state index contributed by atoms with van der Waals surface area (Å²) in [5.74, 6) is 0.465. The smallest absolute Gasteiger partial charge is 0.269 e. The number of fused-ring (bicyclic) bond motifs is 1. The van der Waals surface area contributed by atoms with Crippen LogP contribution in [0.2, 0.25) is 5.02 Å². The van der Waals surface area contributed by atoms with Crippen molar-refractivity contribution in [2.24, 2.45) is 0 Å². The highest BCUT2D eigenvalue weighted by Gasteiger charge is 2.24. The fraction of sp³-hybridized carbons (Fsp3) is 0.227. The minimum atomic E-state index is -3.85. The van der Waals surface area contributed by atoms with Crippen molar-refractivity contribution in [2.75, 3.05) is 18.4 Å². The fourth-order valence-electron chi connectivity index (χ4n) is 3.88. The molecule has 1 fully saturated rings. The van der Waals surface area contributed by atoms with Crippen LogP contribution in [0.5, 0.6) is 0 Å². The zero-order chi connectivity index (χ0) is 22.1. The summed E-state index contributed by atoms with van der Waals surface area (Å²) in [6.07, 6.45) is 6.58. The van der Waals surface area contributed by atoms with E-state index >= 15 is 0 Å². The third-order valence-corrected chi connectivity index (χ3v) is 7.44. The number of rotatable bonds is 5. The lowest BCUT2D eigenvalue weighted by molar-refractivity contribution is 0.477. The van der Waals surface area contributed by atoms with Gasteiger partial charge < -0.3 is 10.6 Å². The van der Waals surface area contributed by atoms with Crippen molar-refractivity contribution in [3.8, 4) is 11.3 Å². The van der Waals surface area contributed by atoms with Gasteiger partial charge in [0.15, 0.2) is 5.65 Å². The predicted octanol–water partition coefficient (Wildman–Crippen LogP) is 3.55. The Hall–Kier alpha value is -3.01. The van der Waals surface area contributed by atoms with Crippen molar-refractivity contribution < 1.29 is 8.42 Å². The van der Waals surface area contributed by atoms with Gasteiger partial charge in [-0.25, -0.2) is 27.3 Å². The van der Waals surface area contributed by atoms with Gasteiger partial charge in [-0.05, 0) is 50.2 Å². The molecule has 0 aliphatic carbocycles. The number of nitrogens with zero attached hydrogens (tertiary/aromatic N) is 4. The van der Waals surface area contributed by atoms with E-state index in [4.69, 9.17) is 11.6 Å². The van der Waals surface area contributed by atoms with Gasteiger partial charge in [0.1, 0.15) is 0 Å². The second-order valence-corrected chi connectivity index (χ2v) is 9.81. The Morgan fingerprint density at radius 1 is 1.06 bits per heavy atom. The quantitative estimate of drug-likeness (QED) is 0.461. The largest absolute Gasteiger partial charge is 0.351 e. The minimum Gasteiger partial charge on any atom is -0.351 e. The summed E-state index contributed by atoms with van der Waals surface area (Å²) in [7, 11) is -3.85. The molecule has 0 spiro atoms. The van der Waals surface area contributed by atoms with Crippen molar-refractivity contribution in [2.45, 2.75) is 23.8 Å². The first-order chi connectivity index (χ1) is 15.5. The molecule has 0 amide bonds. The van der Waals surface area contributed by atoms with Crippen molar-refractivity contribution in [3.05, 3.63) is 66.1 Å². The normalized spacial score (nSPS) is 15.2. The first-order valence-corrected chi connectivity index (χ1v) is 12.1. The average Bonchev–Trinajstić information content (AvgIpc) is 3.22. The summed E-state index contributed by atoms with van der Waals surface area (Å²) in [5, 5.41) is 7.67. The van der Waals surface area contributed by atoms with Crippen molar-refractivity contribution in [1.29, 1.82) is 0 Å². The molecule has 0 bridgehead atoms. The Labute approximate surface area is 190 Å². The molecule has 5 rings (SSSR count). The van der Waals surface area contributed by atoms with Crippen LogP contribution in [0.4, 0.5) is 5.95 Å². The molecule has 0 radical (unpaired) electrons. The Balaban J connectivity index is 1.62. The maximum absolute atomic E-state index is 13.3. The molecule has 3 aromatic heterocycles. The number of piperidine rings is 1. The maximum atomic E-state index is 13.3. The Bertz CT molecular complexity index is 1370. The first-order valence-electron chi connectivity index (χ1n) is 10.3. The molecule has 1 aliphatic heterocycles. The third-order valence-electron chi connectivity index (χ3n) is 5.50. The first kappa shape index (κ1) is 20.9. The predicted molar refractivity (Wildman–Crippen MR) is 124 cm³/mol. The van der Waals surface area contributed by atoms with Gasteiger partial charge in [-0.15, -0.1) is 0 Å². The van der Waals surface area contributed by atoms with Gasteiger partial charge in [-0.1, -0.05) is 29.8 Å². The zero-order valence-electron chi connectivity index (χ0n) is 17.1. The van der Waals surface area contributed by atoms with E-state index in [9.17, 15) is 8.42 Å². The number of pyridine rings is 1. The zero-order valence-corrected chi connectivity index (χ0v) is 18.6. The molecule has 2 N–H and O–H groups in total. The van der Waals surface area contributed by atoms with E-state index in [-0.39, 0.29) is 10.9 Å². The van der Waals surface area contributed by atoms with Crippen LogP contribution < -0.4 is 10.6 Å². The van der Waals surface area contributed by atoms with Gasteiger partial charge in [-0.3, -0.25) is 0 Å². The average molecular weight is 469 g/mol. The van der Waals surface area contributed by atoms with Gasteiger partial charge in [0.2, 0.25) is 5.95 Å². The van der Waals surface area contributed by atoms with E-state index in [0.717, 1.165) is 25.9 Å². The van der Waals surface area contributed by atoms with Gasteiger partial charge in [0.05, 0.1) is 21.8 Å². The molecule has 1 aromatic carbocycles. The lowest BCUT2D eigenvalue weighted by atomic mass is 10.1. The number of nitrogens with one attached hydrogen (secondary N) is 2. The summed E-state index contributed by atoms with van der Waals surface area (Å²) >= 11 is 6.47. The van der Waals surface area contributed by atoms with Crippen LogP contribution in [0, 0.1) is 0 Å². The fourth-order valence-corrected chi connectivity index (χ4v) is 5.42. The molecular formula is C22H21ClN6O2S. The van der Waals surface area contributed by atoms with Crippen molar-refractivity contribution in [3.63, 3.8) is 0 Å². The van der Waals surface area contributed by atoms with Crippen LogP contribution in [-0.2, 0) is 10.0 Å². The summed E-state index contributed by atoms with van der Waals surface area (Å²) in [5.41, 5.74) is 1.35. The number of aromatic nitrogens is 4. The lowest BCUT2D eigenvalue weighted by Gasteiger charge is -2.23. The minimum absolute atomic E-state index is 0.177. The molecule has 4 aromatic rings. The number of hydrogen-bond donors (Lipinski definition) is 2. The molecule has 4 heterocycles. The van der Waals surface area contributed by atoms with Gasteiger partial charge in [0, 0.05) is 29.4 Å². The topological polar surface area (TPSA) is 102 Å². The Morgan fingerprint density at radius 3 is 2.62 bits per heavy atom. The van der Waals surface area contributed by atoms with E-state index in [2.05, 4.69) is 25.6 Å². The highest BCUT2D eigenvalue weighted by atomic mass is 35.5. The Kier molecular flexibility index (Phi) is 5.54. The van der Waals surface area contributed by atoms with Crippen molar-refractivity contribution in [1.82, 2.24) is 24.2 Å². The second kappa shape index (κ2) is 8.50. The summed E-state index contributed by atoms with van der Waals surface area (Å²) in [6, 6.07) is 12.1. The molecule has 10 heteroatoms. The number of hydrogen-bond acceptors (Lipinski definition) is 7. The maximum Gasteiger partial charge on any atom is 0.269 e. The van der Waals surface area contributed by atoms with Gasteiger partial charge in [0.25, 0.3) is 10.0 Å². The van der Waals surface area contributed by atoms with E-state index < -0.39 is 10.0 Å². The highest BCUT2D eigenvalue weighted by Crippen LogP contribution is 2.35. The molecular weight excluding hydrogens is 448 g/mol. The Morgan fingerprint density at radius 2 is 1.84 bits per heavy atom. The number of halogens is 1. The monoisotopic (exact) mass is 468 g/mol. The van der Waals surface area contributed by atoms with Crippen molar-refractivity contribution >= 4 is 38.6 Å². The highest BCUT2D eigenvalue weighted by molar-refractivity contribution is 7.90. The van der Waals surface area contributed by atoms with E-state index in [1.165, 1.54) is 10.2 Å². The summed E-state index contributed by atoms with van der Waals surface area (Å²) < 4.78 is 27.9. The lowest BCUT2D eigenvalue weighted by Crippen LogP contribution is -2.35. The summed E-state index contributed by atoms with van der Waals surface area (Å²) in [6.45, 7) is 1.88. The third kappa shape index (κ3) is 3.83. The SMILES string of the molecule is O=S(=O)(c1ccccc1)n1cc(-c2nc(NC3CCNCC3)ncc2Cl)c2cccnc21. The van der Waals surface area contributed by atoms with Crippen LogP contribution in [-0.4, -0.2) is 46.5 Å². The molecule has 0 unspecified atom stereocenters. The standard InChI is InChI=1S/C22H21ClN6O2S/c23-19-13-26-22(27-15-8-11-24-12-9-15)28-20(19)18-14-29(21-17(18)7-4-10-25-21)32(30,31)16-5-2-1-3-6-16/h1-7,10,13-15,24H,8-9,11-12H2,(H,26,27,28). The van der Waals surface area contributed by atoms with Crippen LogP contribution in [0.15, 0.2) is 66.0 Å². The second-order valence-electron chi connectivity index (χ2n) is 7.59. The van der Waals surface area contributed by atoms with E-state index in [0.29, 0.717) is 33.3 Å². The van der Waals surface area contributed by atoms with E-state index in [1.54, 1.807) is 48.8 Å². The van der Waals surface area contributed by atoms with E-state index in [1.807, 2.05) is 6.07 Å². The summed E-state index contributed by atoms with van der Waals surface area (Å²) in [4.78, 5) is 13.5. The van der Waals surface area contributed by atoms with Crippen LogP contribution in [0.3, 0.4) is 0 Å². The molecule has 32 heavy (non-hydrogen) atoms. The number of anilines is 1. The number of benzene rings is 1. The van der Waals surface area contributed by atoms with Gasteiger partial charge >= 0.3 is 0 Å². The van der Waals surface area contributed by atoms with Crippen LogP contribution >= 0.6 is 11.6 Å². The molecule has 8 nitrogen and oxygen atoms in total. The molecule has 1 aliphatic rings. The van der Waals surface area contributed by atoms with Gasteiger partial charge in [-0.2, -0.15) is 0 Å². The molecule has 0 atom stereocenters. The molecule has 1 saturated heterocycles. The molecule has 0 saturated carbocycles. The van der Waals surface area contributed by atoms with Crippen LogP contribution in [0.1, 0.15) is 12.8 Å². The molecule has 164 valence electrons.